The van der Waals surface area contributed by atoms with Gasteiger partial charge in [0.25, 0.3) is 0 Å². The van der Waals surface area contributed by atoms with Gasteiger partial charge in [0.05, 0.1) is 13.2 Å². The first-order valence-electron chi connectivity index (χ1n) is 4.92. The molecule has 0 spiro atoms. The lowest BCUT2D eigenvalue weighted by molar-refractivity contribution is -0.130. The molecular formula is C10H15NO2. The summed E-state index contributed by atoms with van der Waals surface area (Å²) in [7, 11) is 0. The van der Waals surface area contributed by atoms with Crippen molar-refractivity contribution in [3.63, 3.8) is 0 Å². The van der Waals surface area contributed by atoms with Crippen molar-refractivity contribution in [2.45, 2.75) is 19.3 Å². The molecule has 0 bridgehead atoms. The molecule has 13 heavy (non-hydrogen) atoms. The van der Waals surface area contributed by atoms with E-state index in [4.69, 9.17) is 4.74 Å². The molecule has 2 aliphatic rings. The minimum Gasteiger partial charge on any atom is -0.378 e. The van der Waals surface area contributed by atoms with Crippen molar-refractivity contribution >= 4 is 5.91 Å². The van der Waals surface area contributed by atoms with Gasteiger partial charge in [0.15, 0.2) is 0 Å². The molecule has 0 aromatic heterocycles. The number of hydrogen-bond acceptors (Lipinski definition) is 2. The number of nitrogens with zero attached hydrogens (tertiary/aromatic N) is 1. The van der Waals surface area contributed by atoms with E-state index in [9.17, 15) is 4.79 Å². The first kappa shape index (κ1) is 8.75. The minimum atomic E-state index is 0.179. The van der Waals surface area contributed by atoms with Crippen molar-refractivity contribution in [1.82, 2.24) is 4.90 Å². The number of carbonyl (C=O) groups is 1. The van der Waals surface area contributed by atoms with Crippen LogP contribution in [0.5, 0.6) is 0 Å². The largest absolute Gasteiger partial charge is 0.378 e. The molecule has 3 heteroatoms. The normalized spacial score (nSPS) is 22.5. The molecule has 72 valence electrons. The highest BCUT2D eigenvalue weighted by Gasteiger charge is 2.17. The van der Waals surface area contributed by atoms with Crippen LogP contribution in [0.4, 0.5) is 0 Å². The van der Waals surface area contributed by atoms with E-state index in [1.54, 1.807) is 0 Å². The van der Waals surface area contributed by atoms with E-state index in [0.29, 0.717) is 13.2 Å². The first-order chi connectivity index (χ1) is 6.36. The second kappa shape index (κ2) is 3.92. The van der Waals surface area contributed by atoms with E-state index in [1.807, 2.05) is 11.0 Å². The Bertz CT molecular complexity index is 223. The summed E-state index contributed by atoms with van der Waals surface area (Å²) in [6.07, 6.45) is 5.31. The zero-order chi connectivity index (χ0) is 9.10. The Morgan fingerprint density at radius 1 is 1.31 bits per heavy atom. The lowest BCUT2D eigenvalue weighted by Crippen LogP contribution is -2.40. The van der Waals surface area contributed by atoms with Gasteiger partial charge in [0.2, 0.25) is 5.91 Å². The van der Waals surface area contributed by atoms with E-state index < -0.39 is 0 Å². The summed E-state index contributed by atoms with van der Waals surface area (Å²) in [5, 5.41) is 0. The Labute approximate surface area is 78.4 Å². The molecule has 0 N–H and O–H groups in total. The Kier molecular flexibility index (Phi) is 2.64. The van der Waals surface area contributed by atoms with Crippen LogP contribution < -0.4 is 0 Å². The minimum absolute atomic E-state index is 0.179. The van der Waals surface area contributed by atoms with Gasteiger partial charge in [0, 0.05) is 19.2 Å². The predicted molar refractivity (Wildman–Crippen MR) is 49.3 cm³/mol. The van der Waals surface area contributed by atoms with Crippen molar-refractivity contribution in [2.75, 3.05) is 26.3 Å². The molecule has 2 fully saturated rings. The van der Waals surface area contributed by atoms with E-state index in [-0.39, 0.29) is 5.91 Å². The van der Waals surface area contributed by atoms with Gasteiger partial charge in [-0.15, -0.1) is 0 Å². The Hall–Kier alpha value is -0.830. The van der Waals surface area contributed by atoms with E-state index in [0.717, 1.165) is 25.9 Å². The number of morpholine rings is 1. The molecular weight excluding hydrogens is 166 g/mol. The number of amides is 1. The quantitative estimate of drug-likeness (QED) is 0.564. The lowest BCUT2D eigenvalue weighted by Gasteiger charge is -2.26. The van der Waals surface area contributed by atoms with Gasteiger partial charge in [-0.05, 0) is 19.3 Å². The Balaban J connectivity index is 1.87. The summed E-state index contributed by atoms with van der Waals surface area (Å²) in [6.45, 7) is 2.88. The third kappa shape index (κ3) is 2.10. The second-order valence-corrected chi connectivity index (χ2v) is 3.59. The van der Waals surface area contributed by atoms with Gasteiger partial charge in [-0.25, -0.2) is 0 Å². The van der Waals surface area contributed by atoms with Crippen molar-refractivity contribution in [3.8, 4) is 0 Å². The number of allylic oxidation sites excluding steroid dienone is 1. The number of ether oxygens (including phenoxy) is 1. The van der Waals surface area contributed by atoms with Crippen molar-refractivity contribution in [1.29, 1.82) is 0 Å². The number of rotatable bonds is 1. The molecule has 1 aliphatic carbocycles. The zero-order valence-corrected chi connectivity index (χ0v) is 7.79. The molecule has 0 radical (unpaired) electrons. The van der Waals surface area contributed by atoms with Crippen LogP contribution in [0, 0.1) is 0 Å². The average Bonchev–Trinajstić information content (AvgIpc) is 2.12. The fraction of sp³-hybridized carbons (Fsp3) is 0.700. The van der Waals surface area contributed by atoms with Crippen molar-refractivity contribution in [3.05, 3.63) is 11.6 Å². The van der Waals surface area contributed by atoms with Gasteiger partial charge in [-0.2, -0.15) is 0 Å². The van der Waals surface area contributed by atoms with Gasteiger partial charge >= 0.3 is 0 Å². The van der Waals surface area contributed by atoms with E-state index in [1.165, 1.54) is 12.0 Å². The van der Waals surface area contributed by atoms with Gasteiger partial charge < -0.3 is 9.64 Å². The third-order valence-corrected chi connectivity index (χ3v) is 2.65. The van der Waals surface area contributed by atoms with Gasteiger partial charge in [-0.3, -0.25) is 4.79 Å². The third-order valence-electron chi connectivity index (χ3n) is 2.65. The molecule has 1 aliphatic heterocycles. The van der Waals surface area contributed by atoms with Crippen LogP contribution in [0.25, 0.3) is 0 Å². The summed E-state index contributed by atoms with van der Waals surface area (Å²) >= 11 is 0. The Morgan fingerprint density at radius 2 is 2.00 bits per heavy atom. The van der Waals surface area contributed by atoms with Crippen LogP contribution in [-0.2, 0) is 9.53 Å². The number of carbonyl (C=O) groups excluding carboxylic acids is 1. The molecule has 1 amide bonds. The molecule has 0 aromatic carbocycles. The topological polar surface area (TPSA) is 29.5 Å². The van der Waals surface area contributed by atoms with E-state index in [2.05, 4.69) is 0 Å². The molecule has 2 rings (SSSR count). The van der Waals surface area contributed by atoms with Crippen LogP contribution in [0.15, 0.2) is 11.6 Å². The lowest BCUT2D eigenvalue weighted by atomic mass is 9.92. The molecule has 1 saturated carbocycles. The molecule has 0 aromatic rings. The summed E-state index contributed by atoms with van der Waals surface area (Å²) in [5.74, 6) is 0.179. The van der Waals surface area contributed by atoms with E-state index >= 15 is 0 Å². The maximum atomic E-state index is 11.6. The van der Waals surface area contributed by atoms with Crippen LogP contribution in [0.1, 0.15) is 19.3 Å². The van der Waals surface area contributed by atoms with Crippen LogP contribution in [0.3, 0.4) is 0 Å². The van der Waals surface area contributed by atoms with Crippen molar-refractivity contribution in [2.24, 2.45) is 0 Å². The van der Waals surface area contributed by atoms with Crippen molar-refractivity contribution < 1.29 is 9.53 Å². The van der Waals surface area contributed by atoms with Crippen LogP contribution >= 0.6 is 0 Å². The molecule has 3 nitrogen and oxygen atoms in total. The monoisotopic (exact) mass is 181 g/mol. The highest BCUT2D eigenvalue weighted by atomic mass is 16.5. The molecule has 1 saturated heterocycles. The first-order valence-corrected chi connectivity index (χ1v) is 4.92. The standard InChI is InChI=1S/C10H15NO2/c12-10(8-9-2-1-3-9)11-4-6-13-7-5-11/h8H,1-7H2. The highest BCUT2D eigenvalue weighted by molar-refractivity contribution is 5.88. The smallest absolute Gasteiger partial charge is 0.246 e. The maximum Gasteiger partial charge on any atom is 0.246 e. The second-order valence-electron chi connectivity index (χ2n) is 3.59. The molecule has 0 atom stereocenters. The maximum absolute atomic E-state index is 11.6. The zero-order valence-electron chi connectivity index (χ0n) is 7.79. The summed E-state index contributed by atoms with van der Waals surface area (Å²) in [4.78, 5) is 13.5. The SMILES string of the molecule is O=C(C=C1CCC1)N1CCOCC1. The summed E-state index contributed by atoms with van der Waals surface area (Å²) < 4.78 is 5.18. The van der Waals surface area contributed by atoms with Crippen LogP contribution in [-0.4, -0.2) is 37.1 Å². The summed E-state index contributed by atoms with van der Waals surface area (Å²) in [5.41, 5.74) is 1.32. The summed E-state index contributed by atoms with van der Waals surface area (Å²) in [6, 6.07) is 0. The fourth-order valence-electron chi connectivity index (χ4n) is 1.57. The molecule has 1 heterocycles. The van der Waals surface area contributed by atoms with Crippen LogP contribution in [0.2, 0.25) is 0 Å². The van der Waals surface area contributed by atoms with Gasteiger partial charge in [0.1, 0.15) is 0 Å². The van der Waals surface area contributed by atoms with Gasteiger partial charge in [-0.1, -0.05) is 5.57 Å². The molecule has 0 unspecified atom stereocenters. The highest BCUT2D eigenvalue weighted by Crippen LogP contribution is 2.25. The number of hydrogen-bond donors (Lipinski definition) is 0. The predicted octanol–water partition coefficient (Wildman–Crippen LogP) is 0.956. The average molecular weight is 181 g/mol. The Morgan fingerprint density at radius 3 is 2.54 bits per heavy atom. The fourth-order valence-corrected chi connectivity index (χ4v) is 1.57.